The molecule has 2 heterocycles. The van der Waals surface area contributed by atoms with Gasteiger partial charge in [-0.1, -0.05) is 47.7 Å². The van der Waals surface area contributed by atoms with Gasteiger partial charge in [0.1, 0.15) is 19.6 Å². The molecular weight excluding hydrogens is 398 g/mol. The van der Waals surface area contributed by atoms with Gasteiger partial charge in [0.05, 0.1) is 19.0 Å². The fraction of sp³-hybridized carbons (Fsp3) is 0.318. The van der Waals surface area contributed by atoms with Gasteiger partial charge in [0.25, 0.3) is 0 Å². The second-order valence-electron chi connectivity index (χ2n) is 7.31. The molecule has 0 aliphatic carbocycles. The Kier molecular flexibility index (Phi) is 6.78. The van der Waals surface area contributed by atoms with E-state index >= 15 is 0 Å². The maximum Gasteiger partial charge on any atom is 0.234 e. The van der Waals surface area contributed by atoms with Crippen LogP contribution >= 0.6 is 11.8 Å². The SMILES string of the molecule is Cc1ccc(NC(=O)CSc2nnc(C[NH+]3CCOCC3)n2-c2ccccc2)cc1. The van der Waals surface area contributed by atoms with Crippen molar-refractivity contribution in [3.05, 3.63) is 66.0 Å². The van der Waals surface area contributed by atoms with E-state index < -0.39 is 0 Å². The summed E-state index contributed by atoms with van der Waals surface area (Å²) in [6.45, 7) is 6.27. The number of amides is 1. The van der Waals surface area contributed by atoms with Gasteiger partial charge >= 0.3 is 0 Å². The summed E-state index contributed by atoms with van der Waals surface area (Å²) in [7, 11) is 0. The maximum absolute atomic E-state index is 12.4. The molecule has 0 atom stereocenters. The van der Waals surface area contributed by atoms with Crippen molar-refractivity contribution in [1.29, 1.82) is 0 Å². The van der Waals surface area contributed by atoms with Gasteiger partial charge in [0.2, 0.25) is 5.91 Å². The largest absolute Gasteiger partial charge is 0.370 e. The second kappa shape index (κ2) is 9.88. The molecule has 3 aromatic rings. The monoisotopic (exact) mass is 424 g/mol. The van der Waals surface area contributed by atoms with E-state index in [2.05, 4.69) is 20.1 Å². The molecule has 156 valence electrons. The van der Waals surface area contributed by atoms with Gasteiger partial charge in [0, 0.05) is 11.4 Å². The Bertz CT molecular complexity index is 969. The van der Waals surface area contributed by atoms with Crippen molar-refractivity contribution < 1.29 is 14.4 Å². The number of nitrogens with zero attached hydrogens (tertiary/aromatic N) is 3. The van der Waals surface area contributed by atoms with Crippen LogP contribution < -0.4 is 10.2 Å². The van der Waals surface area contributed by atoms with E-state index in [-0.39, 0.29) is 11.7 Å². The van der Waals surface area contributed by atoms with Crippen LogP contribution in [0.2, 0.25) is 0 Å². The van der Waals surface area contributed by atoms with Crippen molar-refractivity contribution >= 4 is 23.4 Å². The van der Waals surface area contributed by atoms with Gasteiger partial charge in [0.15, 0.2) is 11.0 Å². The number of aromatic nitrogens is 3. The number of benzene rings is 2. The standard InChI is InChI=1S/C22H25N5O2S/c1-17-7-9-18(10-8-17)23-21(28)16-30-22-25-24-20(15-26-11-13-29-14-12-26)27(22)19-5-3-2-4-6-19/h2-10H,11-16H2,1H3,(H,23,28)/p+1. The molecule has 1 amide bonds. The zero-order chi connectivity index (χ0) is 20.8. The molecule has 2 aromatic carbocycles. The fourth-order valence-electron chi connectivity index (χ4n) is 3.37. The topological polar surface area (TPSA) is 73.5 Å². The highest BCUT2D eigenvalue weighted by Crippen LogP contribution is 2.22. The number of morpholine rings is 1. The highest BCUT2D eigenvalue weighted by Gasteiger charge is 2.21. The van der Waals surface area contributed by atoms with Crippen molar-refractivity contribution in [3.8, 4) is 5.69 Å². The number of carbonyl (C=O) groups excluding carboxylic acids is 1. The van der Waals surface area contributed by atoms with Crippen LogP contribution in [0.5, 0.6) is 0 Å². The lowest BCUT2D eigenvalue weighted by molar-refractivity contribution is -0.922. The second-order valence-corrected chi connectivity index (χ2v) is 8.25. The first-order valence-corrected chi connectivity index (χ1v) is 11.1. The zero-order valence-electron chi connectivity index (χ0n) is 17.0. The maximum atomic E-state index is 12.4. The van der Waals surface area contributed by atoms with Crippen LogP contribution in [0, 0.1) is 6.92 Å². The molecule has 7 nitrogen and oxygen atoms in total. The summed E-state index contributed by atoms with van der Waals surface area (Å²) in [4.78, 5) is 13.9. The minimum absolute atomic E-state index is 0.0631. The number of quaternary nitrogens is 1. The number of ether oxygens (including phenoxy) is 1. The first kappa shape index (κ1) is 20.6. The predicted octanol–water partition coefficient (Wildman–Crippen LogP) is 1.72. The van der Waals surface area contributed by atoms with E-state index in [4.69, 9.17) is 4.74 Å². The van der Waals surface area contributed by atoms with Crippen LogP contribution in [0.1, 0.15) is 11.4 Å². The number of hydrogen-bond acceptors (Lipinski definition) is 5. The van der Waals surface area contributed by atoms with Gasteiger partial charge < -0.3 is 15.0 Å². The quantitative estimate of drug-likeness (QED) is 0.565. The Morgan fingerprint density at radius 1 is 1.10 bits per heavy atom. The van der Waals surface area contributed by atoms with Crippen LogP contribution in [0.15, 0.2) is 59.8 Å². The number of rotatable bonds is 7. The molecular formula is C22H26N5O2S+. The van der Waals surface area contributed by atoms with Crippen LogP contribution in [0.4, 0.5) is 5.69 Å². The summed E-state index contributed by atoms with van der Waals surface area (Å²) in [5.74, 6) is 1.11. The van der Waals surface area contributed by atoms with Crippen LogP contribution in [0.3, 0.4) is 0 Å². The van der Waals surface area contributed by atoms with Crippen LogP contribution in [-0.4, -0.2) is 52.7 Å². The number of para-hydroxylation sites is 1. The van der Waals surface area contributed by atoms with E-state index in [0.29, 0.717) is 0 Å². The smallest absolute Gasteiger partial charge is 0.234 e. The number of thioether (sulfide) groups is 1. The van der Waals surface area contributed by atoms with Crippen molar-refractivity contribution in [3.63, 3.8) is 0 Å². The molecule has 1 aromatic heterocycles. The molecule has 1 aliphatic rings. The summed E-state index contributed by atoms with van der Waals surface area (Å²) >= 11 is 1.40. The average molecular weight is 425 g/mol. The summed E-state index contributed by atoms with van der Waals surface area (Å²) in [5, 5.41) is 12.5. The number of hydrogen-bond donors (Lipinski definition) is 2. The third-order valence-electron chi connectivity index (χ3n) is 4.99. The fourth-order valence-corrected chi connectivity index (χ4v) is 4.14. The van der Waals surface area contributed by atoms with E-state index in [1.165, 1.54) is 16.7 Å². The molecule has 0 bridgehead atoms. The molecule has 0 radical (unpaired) electrons. The number of nitrogens with one attached hydrogen (secondary N) is 2. The van der Waals surface area contributed by atoms with Gasteiger partial charge in [-0.25, -0.2) is 0 Å². The Hall–Kier alpha value is -2.68. The zero-order valence-corrected chi connectivity index (χ0v) is 17.8. The average Bonchev–Trinajstić information content (AvgIpc) is 3.17. The lowest BCUT2D eigenvalue weighted by Gasteiger charge is -2.23. The highest BCUT2D eigenvalue weighted by molar-refractivity contribution is 7.99. The lowest BCUT2D eigenvalue weighted by atomic mass is 10.2. The van der Waals surface area contributed by atoms with Gasteiger partial charge in [-0.15, -0.1) is 10.2 Å². The van der Waals surface area contributed by atoms with Crippen molar-refractivity contribution in [2.24, 2.45) is 0 Å². The molecule has 8 heteroatoms. The Morgan fingerprint density at radius 3 is 2.57 bits per heavy atom. The third-order valence-corrected chi connectivity index (χ3v) is 5.92. The van der Waals surface area contributed by atoms with E-state index in [9.17, 15) is 4.79 Å². The molecule has 1 saturated heterocycles. The Balaban J connectivity index is 1.47. The van der Waals surface area contributed by atoms with E-state index in [0.717, 1.165) is 60.8 Å². The third kappa shape index (κ3) is 5.27. The molecule has 1 aliphatic heterocycles. The molecule has 0 spiro atoms. The molecule has 30 heavy (non-hydrogen) atoms. The van der Waals surface area contributed by atoms with Gasteiger partial charge in [-0.2, -0.15) is 0 Å². The molecule has 0 unspecified atom stereocenters. The van der Waals surface area contributed by atoms with Crippen LogP contribution in [-0.2, 0) is 16.1 Å². The summed E-state index contributed by atoms with van der Waals surface area (Å²) in [6.07, 6.45) is 0. The van der Waals surface area contributed by atoms with Gasteiger partial charge in [-0.3, -0.25) is 9.36 Å². The Labute approximate surface area is 180 Å². The lowest BCUT2D eigenvalue weighted by Crippen LogP contribution is -3.12. The summed E-state index contributed by atoms with van der Waals surface area (Å²) in [6, 6.07) is 17.8. The van der Waals surface area contributed by atoms with E-state index in [1.807, 2.05) is 61.5 Å². The van der Waals surface area contributed by atoms with Crippen molar-refractivity contribution in [2.45, 2.75) is 18.6 Å². The predicted molar refractivity (Wildman–Crippen MR) is 117 cm³/mol. The normalized spacial score (nSPS) is 14.6. The first-order valence-electron chi connectivity index (χ1n) is 10.1. The number of carbonyl (C=O) groups is 1. The molecule has 2 N–H and O–H groups in total. The number of aryl methyl sites for hydroxylation is 1. The first-order chi connectivity index (χ1) is 14.7. The number of anilines is 1. The highest BCUT2D eigenvalue weighted by atomic mass is 32.2. The molecule has 1 fully saturated rings. The molecule has 0 saturated carbocycles. The Morgan fingerprint density at radius 2 is 1.83 bits per heavy atom. The minimum atomic E-state index is -0.0631. The summed E-state index contributed by atoms with van der Waals surface area (Å²) in [5.41, 5.74) is 2.96. The summed E-state index contributed by atoms with van der Waals surface area (Å²) < 4.78 is 7.53. The van der Waals surface area contributed by atoms with Crippen molar-refractivity contribution in [2.75, 3.05) is 37.4 Å². The van der Waals surface area contributed by atoms with E-state index in [1.54, 1.807) is 0 Å². The minimum Gasteiger partial charge on any atom is -0.370 e. The van der Waals surface area contributed by atoms with Crippen LogP contribution in [0.25, 0.3) is 5.69 Å². The van der Waals surface area contributed by atoms with Gasteiger partial charge in [-0.05, 0) is 31.2 Å². The molecule has 4 rings (SSSR count). The van der Waals surface area contributed by atoms with Crippen molar-refractivity contribution in [1.82, 2.24) is 14.8 Å².